The van der Waals surface area contributed by atoms with E-state index in [1.165, 1.54) is 0 Å². The van der Waals surface area contributed by atoms with Crippen molar-refractivity contribution < 1.29 is 9.53 Å². The summed E-state index contributed by atoms with van der Waals surface area (Å²) in [6.07, 6.45) is 7.18. The van der Waals surface area contributed by atoms with Crippen LogP contribution >= 0.6 is 0 Å². The Morgan fingerprint density at radius 3 is 2.81 bits per heavy atom. The third-order valence-corrected chi connectivity index (χ3v) is 6.14. The number of anilines is 1. The largest absolute Gasteiger partial charge is 0.379 e. The quantitative estimate of drug-likeness (QED) is 0.480. The van der Waals surface area contributed by atoms with Gasteiger partial charge in [0.15, 0.2) is 11.3 Å². The standard InChI is InChI=1S/C22H26N8O2/c1-12(2)29-11-15(13-7-8-24-28-21(13)29)17-9-19(23-3)30-20(26-17)14(10-25-30)22(31)27-16-5-6-18(16)32-4/h7-12,16,18,23H,5-6H2,1-4H3,(H,27,31)/t16-,18-/m1/s1. The molecule has 1 fully saturated rings. The zero-order chi connectivity index (χ0) is 22.4. The summed E-state index contributed by atoms with van der Waals surface area (Å²) in [7, 11) is 3.49. The highest BCUT2D eigenvalue weighted by molar-refractivity contribution is 6.01. The number of fused-ring (bicyclic) bond motifs is 2. The molecule has 2 N–H and O–H groups in total. The Bertz CT molecular complexity index is 1310. The molecule has 4 aromatic heterocycles. The molecule has 0 aromatic carbocycles. The van der Waals surface area contributed by atoms with Gasteiger partial charge < -0.3 is 19.9 Å². The molecule has 2 atom stereocenters. The number of hydrogen-bond donors (Lipinski definition) is 2. The van der Waals surface area contributed by atoms with E-state index in [1.54, 1.807) is 24.0 Å². The van der Waals surface area contributed by atoms with Gasteiger partial charge in [0, 0.05) is 43.4 Å². The lowest BCUT2D eigenvalue weighted by atomic mass is 9.89. The molecular formula is C22H26N8O2. The molecule has 10 nitrogen and oxygen atoms in total. The third kappa shape index (κ3) is 3.18. The number of carbonyl (C=O) groups excluding carboxylic acids is 1. The summed E-state index contributed by atoms with van der Waals surface area (Å²) in [5, 5.41) is 20.0. The first-order valence-corrected chi connectivity index (χ1v) is 10.7. The van der Waals surface area contributed by atoms with E-state index in [9.17, 15) is 4.79 Å². The van der Waals surface area contributed by atoms with E-state index in [2.05, 4.69) is 44.3 Å². The maximum absolute atomic E-state index is 13.0. The summed E-state index contributed by atoms with van der Waals surface area (Å²) in [4.78, 5) is 17.9. The van der Waals surface area contributed by atoms with Gasteiger partial charge in [-0.1, -0.05) is 0 Å². The molecule has 0 bridgehead atoms. The Morgan fingerprint density at radius 1 is 1.28 bits per heavy atom. The molecule has 166 valence electrons. The van der Waals surface area contributed by atoms with E-state index < -0.39 is 0 Å². The maximum atomic E-state index is 13.0. The van der Waals surface area contributed by atoms with E-state index in [4.69, 9.17) is 9.72 Å². The summed E-state index contributed by atoms with van der Waals surface area (Å²) in [5.41, 5.74) is 3.37. The van der Waals surface area contributed by atoms with Crippen molar-refractivity contribution in [2.24, 2.45) is 0 Å². The highest BCUT2D eigenvalue weighted by Crippen LogP contribution is 2.32. The van der Waals surface area contributed by atoms with Crippen molar-refractivity contribution >= 4 is 28.4 Å². The Morgan fingerprint density at radius 2 is 2.12 bits per heavy atom. The molecule has 10 heteroatoms. The Kier molecular flexibility index (Phi) is 5.01. The normalized spacial score (nSPS) is 18.3. The van der Waals surface area contributed by atoms with Gasteiger partial charge in [0.1, 0.15) is 11.4 Å². The molecule has 1 saturated carbocycles. The van der Waals surface area contributed by atoms with Crippen LogP contribution in [0.3, 0.4) is 0 Å². The Hall–Kier alpha value is -3.53. The van der Waals surface area contributed by atoms with E-state index in [0.717, 1.165) is 41.0 Å². The van der Waals surface area contributed by atoms with Gasteiger partial charge in [-0.15, -0.1) is 5.10 Å². The van der Waals surface area contributed by atoms with Crippen LogP contribution in [0.4, 0.5) is 5.82 Å². The van der Waals surface area contributed by atoms with Gasteiger partial charge in [-0.05, 0) is 32.8 Å². The molecule has 5 rings (SSSR count). The van der Waals surface area contributed by atoms with Crippen LogP contribution in [0, 0.1) is 0 Å². The zero-order valence-electron chi connectivity index (χ0n) is 18.5. The van der Waals surface area contributed by atoms with Crippen LogP contribution in [0.25, 0.3) is 27.9 Å². The number of amides is 1. The lowest BCUT2D eigenvalue weighted by Crippen LogP contribution is -2.51. The lowest BCUT2D eigenvalue weighted by Gasteiger charge is -2.35. The first-order valence-electron chi connectivity index (χ1n) is 10.7. The first kappa shape index (κ1) is 20.4. The number of nitrogens with one attached hydrogen (secondary N) is 2. The number of ether oxygens (including phenoxy) is 1. The third-order valence-electron chi connectivity index (χ3n) is 6.14. The van der Waals surface area contributed by atoms with Gasteiger partial charge >= 0.3 is 0 Å². The molecule has 1 aliphatic carbocycles. The van der Waals surface area contributed by atoms with E-state index in [0.29, 0.717) is 11.2 Å². The molecule has 1 amide bonds. The number of hydrogen-bond acceptors (Lipinski definition) is 7. The van der Waals surface area contributed by atoms with Crippen molar-refractivity contribution in [2.45, 2.75) is 44.9 Å². The van der Waals surface area contributed by atoms with E-state index in [-0.39, 0.29) is 24.1 Å². The van der Waals surface area contributed by atoms with Gasteiger partial charge in [0.2, 0.25) is 0 Å². The van der Waals surface area contributed by atoms with Crippen LogP contribution < -0.4 is 10.6 Å². The lowest BCUT2D eigenvalue weighted by molar-refractivity contribution is 0.00732. The highest BCUT2D eigenvalue weighted by Gasteiger charge is 2.33. The van der Waals surface area contributed by atoms with Crippen LogP contribution in [0.5, 0.6) is 0 Å². The van der Waals surface area contributed by atoms with Crippen LogP contribution in [-0.4, -0.2) is 61.6 Å². The molecule has 0 saturated heterocycles. The smallest absolute Gasteiger partial charge is 0.257 e. The summed E-state index contributed by atoms with van der Waals surface area (Å²) in [5.74, 6) is 0.531. The molecular weight excluding hydrogens is 408 g/mol. The number of methoxy groups -OCH3 is 1. The van der Waals surface area contributed by atoms with Crippen molar-refractivity contribution in [1.82, 2.24) is 34.7 Å². The fourth-order valence-electron chi connectivity index (χ4n) is 4.19. The van der Waals surface area contributed by atoms with E-state index in [1.807, 2.05) is 25.4 Å². The van der Waals surface area contributed by atoms with Gasteiger partial charge in [-0.2, -0.15) is 14.7 Å². The van der Waals surface area contributed by atoms with Gasteiger partial charge in [-0.25, -0.2) is 4.98 Å². The van der Waals surface area contributed by atoms with Crippen molar-refractivity contribution in [3.05, 3.63) is 36.3 Å². The second kappa shape index (κ2) is 7.86. The molecule has 0 radical (unpaired) electrons. The summed E-state index contributed by atoms with van der Waals surface area (Å²) >= 11 is 0. The maximum Gasteiger partial charge on any atom is 0.257 e. The molecule has 0 spiro atoms. The van der Waals surface area contributed by atoms with Gasteiger partial charge in [0.05, 0.1) is 30.2 Å². The van der Waals surface area contributed by atoms with Crippen LogP contribution in [0.2, 0.25) is 0 Å². The van der Waals surface area contributed by atoms with Crippen LogP contribution in [0.15, 0.2) is 30.7 Å². The van der Waals surface area contributed by atoms with E-state index >= 15 is 0 Å². The Balaban J connectivity index is 1.62. The number of aromatic nitrogens is 6. The molecule has 1 aliphatic rings. The molecule has 0 unspecified atom stereocenters. The predicted octanol–water partition coefficient (Wildman–Crippen LogP) is 2.67. The molecule has 4 heterocycles. The van der Waals surface area contributed by atoms with Gasteiger partial charge in [0.25, 0.3) is 5.91 Å². The van der Waals surface area contributed by atoms with Gasteiger partial charge in [-0.3, -0.25) is 4.79 Å². The van der Waals surface area contributed by atoms with Crippen molar-refractivity contribution in [3.63, 3.8) is 0 Å². The van der Waals surface area contributed by atoms with Crippen molar-refractivity contribution in [1.29, 1.82) is 0 Å². The topological polar surface area (TPSA) is 111 Å². The SMILES string of the molecule is CNc1cc(-c2cn(C(C)C)c3nnccc23)nc2c(C(=O)N[C@@H]3CC[C@H]3OC)cnn12. The Labute approximate surface area is 185 Å². The molecule has 0 aliphatic heterocycles. The minimum absolute atomic E-state index is 0.0111. The number of carbonyl (C=O) groups is 1. The summed E-state index contributed by atoms with van der Waals surface area (Å²) in [6, 6.07) is 4.08. The fourth-order valence-corrected chi connectivity index (χ4v) is 4.19. The van der Waals surface area contributed by atoms with Crippen molar-refractivity contribution in [2.75, 3.05) is 19.5 Å². The number of nitrogens with zero attached hydrogens (tertiary/aromatic N) is 6. The predicted molar refractivity (Wildman–Crippen MR) is 121 cm³/mol. The highest BCUT2D eigenvalue weighted by atomic mass is 16.5. The fraction of sp³-hybridized carbons (Fsp3) is 0.409. The molecule has 4 aromatic rings. The average molecular weight is 435 g/mol. The van der Waals surface area contributed by atoms with Crippen molar-refractivity contribution in [3.8, 4) is 11.3 Å². The van der Waals surface area contributed by atoms with Crippen LogP contribution in [-0.2, 0) is 4.74 Å². The minimum Gasteiger partial charge on any atom is -0.379 e. The minimum atomic E-state index is -0.200. The summed E-state index contributed by atoms with van der Waals surface area (Å²) in [6.45, 7) is 4.20. The second-order valence-corrected chi connectivity index (χ2v) is 8.31. The zero-order valence-corrected chi connectivity index (χ0v) is 18.5. The molecule has 32 heavy (non-hydrogen) atoms. The summed E-state index contributed by atoms with van der Waals surface area (Å²) < 4.78 is 9.13. The first-order chi connectivity index (χ1) is 15.5. The number of rotatable bonds is 6. The van der Waals surface area contributed by atoms with Crippen LogP contribution in [0.1, 0.15) is 43.1 Å². The average Bonchev–Trinajstić information content (AvgIpc) is 3.38. The second-order valence-electron chi connectivity index (χ2n) is 8.31. The monoisotopic (exact) mass is 434 g/mol.